The maximum Gasteiger partial charge on any atom is 0.287 e. The van der Waals surface area contributed by atoms with E-state index < -0.39 is 4.92 Å². The molecule has 0 saturated carbocycles. The average molecular weight is 327 g/mol. The monoisotopic (exact) mass is 327 g/mol. The molecule has 116 valence electrons. The Morgan fingerprint density at radius 1 is 1.22 bits per heavy atom. The molecule has 23 heavy (non-hydrogen) atoms. The van der Waals surface area contributed by atoms with E-state index in [4.69, 9.17) is 0 Å². The summed E-state index contributed by atoms with van der Waals surface area (Å²) in [5.41, 5.74) is 0.796. The Bertz CT molecular complexity index is 854. The fraction of sp³-hybridized carbons (Fsp3) is 0.133. The van der Waals surface area contributed by atoms with Crippen LogP contribution in [0, 0.1) is 10.1 Å². The Balaban J connectivity index is 1.94. The molecule has 0 atom stereocenters. The number of nitrogens with zero attached hydrogens (tertiary/aromatic N) is 4. The highest BCUT2D eigenvalue weighted by Crippen LogP contribution is 2.28. The van der Waals surface area contributed by atoms with Gasteiger partial charge in [-0.15, -0.1) is 0 Å². The first-order chi connectivity index (χ1) is 11.2. The molecule has 0 aliphatic carbocycles. The molecule has 1 aromatic carbocycles. The molecule has 2 aromatic heterocycles. The lowest BCUT2D eigenvalue weighted by Crippen LogP contribution is -2.02. The fourth-order valence-corrected chi connectivity index (χ4v) is 2.75. The van der Waals surface area contributed by atoms with Crippen LogP contribution in [-0.4, -0.2) is 26.4 Å². The molecule has 0 amide bonds. The van der Waals surface area contributed by atoms with Gasteiger partial charge in [-0.05, 0) is 36.9 Å². The summed E-state index contributed by atoms with van der Waals surface area (Å²) in [4.78, 5) is 23.3. The molecular formula is C15H13N5O2S. The van der Waals surface area contributed by atoms with Gasteiger partial charge in [0.25, 0.3) is 5.69 Å². The first-order valence-electron chi connectivity index (χ1n) is 6.96. The van der Waals surface area contributed by atoms with E-state index in [0.717, 1.165) is 23.3 Å². The Morgan fingerprint density at radius 2 is 2.04 bits per heavy atom. The van der Waals surface area contributed by atoms with Gasteiger partial charge in [0.05, 0.1) is 10.4 Å². The van der Waals surface area contributed by atoms with Crippen LogP contribution in [0.5, 0.6) is 0 Å². The maximum atomic E-state index is 10.7. The van der Waals surface area contributed by atoms with Crippen molar-refractivity contribution in [1.29, 1.82) is 0 Å². The number of pyridine rings is 1. The smallest absolute Gasteiger partial charge is 0.287 e. The average Bonchev–Trinajstić information content (AvgIpc) is 2.55. The highest BCUT2D eigenvalue weighted by molar-refractivity contribution is 7.99. The standard InChI is InChI=1S/C15H13N5O2S/c1-2-16-14-11-5-3-4-6-12(11)18-15(19-14)23-13-8-7-10(9-17-13)20(21)22/h3-9H,2H2,1H3,(H,16,18,19). The molecule has 0 unspecified atom stereocenters. The molecule has 0 aliphatic rings. The zero-order chi connectivity index (χ0) is 16.2. The van der Waals surface area contributed by atoms with Gasteiger partial charge in [-0.2, -0.15) is 0 Å². The number of para-hydroxylation sites is 1. The van der Waals surface area contributed by atoms with E-state index in [1.807, 2.05) is 31.2 Å². The lowest BCUT2D eigenvalue weighted by molar-refractivity contribution is -0.385. The lowest BCUT2D eigenvalue weighted by Gasteiger charge is -2.08. The van der Waals surface area contributed by atoms with Gasteiger partial charge >= 0.3 is 0 Å². The summed E-state index contributed by atoms with van der Waals surface area (Å²) >= 11 is 1.27. The van der Waals surface area contributed by atoms with Crippen LogP contribution in [0.4, 0.5) is 11.5 Å². The first kappa shape index (κ1) is 15.2. The Labute approximate surface area is 136 Å². The van der Waals surface area contributed by atoms with Crippen molar-refractivity contribution in [2.45, 2.75) is 17.1 Å². The molecule has 0 spiro atoms. The second-order valence-corrected chi connectivity index (χ2v) is 5.60. The fourth-order valence-electron chi connectivity index (χ4n) is 2.04. The van der Waals surface area contributed by atoms with Gasteiger partial charge in [0.1, 0.15) is 17.0 Å². The SMILES string of the molecule is CCNc1nc(Sc2ccc([N+](=O)[O-])cn2)nc2ccccc12. The van der Waals surface area contributed by atoms with Crippen molar-refractivity contribution in [1.82, 2.24) is 15.0 Å². The molecule has 2 heterocycles. The molecule has 0 aliphatic heterocycles. The van der Waals surface area contributed by atoms with Crippen molar-refractivity contribution < 1.29 is 4.92 Å². The number of nitro groups is 1. The normalized spacial score (nSPS) is 10.7. The van der Waals surface area contributed by atoms with Crippen LogP contribution in [0.2, 0.25) is 0 Å². The number of benzene rings is 1. The van der Waals surface area contributed by atoms with Crippen molar-refractivity contribution in [3.05, 3.63) is 52.7 Å². The Kier molecular flexibility index (Phi) is 4.33. The van der Waals surface area contributed by atoms with E-state index in [2.05, 4.69) is 20.3 Å². The third-order valence-electron chi connectivity index (χ3n) is 3.05. The predicted molar refractivity (Wildman–Crippen MR) is 88.7 cm³/mol. The zero-order valence-corrected chi connectivity index (χ0v) is 13.1. The largest absolute Gasteiger partial charge is 0.370 e. The zero-order valence-electron chi connectivity index (χ0n) is 12.3. The van der Waals surface area contributed by atoms with Crippen LogP contribution >= 0.6 is 11.8 Å². The van der Waals surface area contributed by atoms with Gasteiger partial charge in [-0.1, -0.05) is 12.1 Å². The van der Waals surface area contributed by atoms with Gasteiger partial charge < -0.3 is 5.32 Å². The number of fused-ring (bicyclic) bond motifs is 1. The van der Waals surface area contributed by atoms with E-state index >= 15 is 0 Å². The molecule has 0 fully saturated rings. The van der Waals surface area contributed by atoms with Gasteiger partial charge in [0.2, 0.25) is 0 Å². The molecule has 3 rings (SSSR count). The molecule has 8 heteroatoms. The van der Waals surface area contributed by atoms with Crippen molar-refractivity contribution in [3.63, 3.8) is 0 Å². The predicted octanol–water partition coefficient (Wildman–Crippen LogP) is 3.52. The van der Waals surface area contributed by atoms with E-state index in [9.17, 15) is 10.1 Å². The van der Waals surface area contributed by atoms with E-state index in [1.165, 1.54) is 24.0 Å². The minimum atomic E-state index is -0.475. The van der Waals surface area contributed by atoms with Crippen molar-refractivity contribution in [3.8, 4) is 0 Å². The maximum absolute atomic E-state index is 10.7. The Morgan fingerprint density at radius 3 is 2.74 bits per heavy atom. The third kappa shape index (κ3) is 3.37. The van der Waals surface area contributed by atoms with Gasteiger partial charge in [0.15, 0.2) is 5.16 Å². The van der Waals surface area contributed by atoms with E-state index in [0.29, 0.717) is 10.2 Å². The summed E-state index contributed by atoms with van der Waals surface area (Å²) in [7, 11) is 0. The summed E-state index contributed by atoms with van der Waals surface area (Å²) in [5, 5.41) is 16.0. The van der Waals surface area contributed by atoms with Crippen LogP contribution in [0.15, 0.2) is 52.8 Å². The summed E-state index contributed by atoms with van der Waals surface area (Å²) in [6.07, 6.45) is 1.23. The van der Waals surface area contributed by atoms with Crippen molar-refractivity contribution in [2.24, 2.45) is 0 Å². The van der Waals surface area contributed by atoms with Crippen molar-refractivity contribution in [2.75, 3.05) is 11.9 Å². The quantitative estimate of drug-likeness (QED) is 0.435. The van der Waals surface area contributed by atoms with Crippen molar-refractivity contribution >= 4 is 34.2 Å². The summed E-state index contributed by atoms with van der Waals surface area (Å²) < 4.78 is 0. The van der Waals surface area contributed by atoms with Gasteiger partial charge in [-0.25, -0.2) is 15.0 Å². The lowest BCUT2D eigenvalue weighted by atomic mass is 10.2. The number of hydrogen-bond donors (Lipinski definition) is 1. The molecule has 0 bridgehead atoms. The van der Waals surface area contributed by atoms with Crippen LogP contribution in [0.3, 0.4) is 0 Å². The van der Waals surface area contributed by atoms with Crippen LogP contribution < -0.4 is 5.32 Å². The molecule has 7 nitrogen and oxygen atoms in total. The number of aromatic nitrogens is 3. The second-order valence-electron chi connectivity index (χ2n) is 4.62. The summed E-state index contributed by atoms with van der Waals surface area (Å²) in [6.45, 7) is 2.75. The van der Waals surface area contributed by atoms with Gasteiger partial charge in [0, 0.05) is 18.0 Å². The second kappa shape index (κ2) is 6.57. The topological polar surface area (TPSA) is 93.8 Å². The third-order valence-corrected chi connectivity index (χ3v) is 3.87. The molecule has 0 saturated heterocycles. The van der Waals surface area contributed by atoms with Crippen LogP contribution in [0.25, 0.3) is 10.9 Å². The number of anilines is 1. The van der Waals surface area contributed by atoms with E-state index in [1.54, 1.807) is 6.07 Å². The summed E-state index contributed by atoms with van der Waals surface area (Å²) in [5.74, 6) is 0.766. The highest BCUT2D eigenvalue weighted by Gasteiger charge is 2.10. The molecule has 3 aromatic rings. The molecule has 1 N–H and O–H groups in total. The number of hydrogen-bond acceptors (Lipinski definition) is 7. The highest BCUT2D eigenvalue weighted by atomic mass is 32.2. The van der Waals surface area contributed by atoms with Gasteiger partial charge in [-0.3, -0.25) is 10.1 Å². The molecule has 0 radical (unpaired) electrons. The number of rotatable bonds is 5. The van der Waals surface area contributed by atoms with Crippen LogP contribution in [0.1, 0.15) is 6.92 Å². The Hall–Kier alpha value is -2.74. The van der Waals surface area contributed by atoms with E-state index in [-0.39, 0.29) is 5.69 Å². The minimum Gasteiger partial charge on any atom is -0.370 e. The van der Waals surface area contributed by atoms with Crippen LogP contribution in [-0.2, 0) is 0 Å². The molecular weight excluding hydrogens is 314 g/mol. The number of nitrogens with one attached hydrogen (secondary N) is 1. The summed E-state index contributed by atoms with van der Waals surface area (Å²) in [6, 6.07) is 10.8. The minimum absolute atomic E-state index is 0.0397. The first-order valence-corrected chi connectivity index (χ1v) is 7.78.